The molecule has 5 heteroatoms. The Morgan fingerprint density at radius 1 is 1.37 bits per heavy atom. The molecule has 0 aromatic heterocycles. The van der Waals surface area contributed by atoms with E-state index in [1.807, 2.05) is 13.8 Å². The normalized spacial score (nSPS) is 28.9. The topological polar surface area (TPSA) is 44.8 Å². The first-order valence-corrected chi connectivity index (χ1v) is 7.11. The lowest BCUT2D eigenvalue weighted by Crippen LogP contribution is -2.62. The standard InChI is InChI=1S/C14H29N3O2/c1-7-15-14(4,13(18)19-6)10-17-8-11(2)16(5)12(3)9-17/h11-12,15H,7-10H2,1-6H3. The van der Waals surface area contributed by atoms with Crippen LogP contribution in [0.1, 0.15) is 27.7 Å². The molecule has 1 heterocycles. The first-order chi connectivity index (χ1) is 8.84. The first-order valence-electron chi connectivity index (χ1n) is 7.11. The molecule has 0 aromatic carbocycles. The molecule has 0 spiro atoms. The number of hydrogen-bond acceptors (Lipinski definition) is 5. The summed E-state index contributed by atoms with van der Waals surface area (Å²) in [6, 6.07) is 1.01. The number of esters is 1. The van der Waals surface area contributed by atoms with Crippen LogP contribution in [0.2, 0.25) is 0 Å². The summed E-state index contributed by atoms with van der Waals surface area (Å²) in [5, 5.41) is 3.27. The first kappa shape index (κ1) is 16.4. The van der Waals surface area contributed by atoms with Crippen molar-refractivity contribution in [3.05, 3.63) is 0 Å². The van der Waals surface area contributed by atoms with Crippen LogP contribution < -0.4 is 5.32 Å². The largest absolute Gasteiger partial charge is 0.468 e. The van der Waals surface area contributed by atoms with Crippen LogP contribution in [0.4, 0.5) is 0 Å². The molecule has 0 aromatic rings. The molecular formula is C14H29N3O2. The molecule has 1 aliphatic rings. The lowest BCUT2D eigenvalue weighted by Gasteiger charge is -2.45. The van der Waals surface area contributed by atoms with Crippen molar-refractivity contribution in [2.75, 3.05) is 40.3 Å². The number of carbonyl (C=O) groups excluding carboxylic acids is 1. The van der Waals surface area contributed by atoms with E-state index in [2.05, 4.69) is 36.0 Å². The summed E-state index contributed by atoms with van der Waals surface area (Å²) in [5.74, 6) is -0.186. The van der Waals surface area contributed by atoms with Crippen molar-refractivity contribution < 1.29 is 9.53 Å². The monoisotopic (exact) mass is 271 g/mol. The molecule has 112 valence electrons. The van der Waals surface area contributed by atoms with Crippen LogP contribution in [0.3, 0.4) is 0 Å². The van der Waals surface area contributed by atoms with Gasteiger partial charge >= 0.3 is 5.97 Å². The number of nitrogens with zero attached hydrogens (tertiary/aromatic N) is 2. The van der Waals surface area contributed by atoms with Crippen molar-refractivity contribution in [2.45, 2.75) is 45.3 Å². The lowest BCUT2D eigenvalue weighted by molar-refractivity contribution is -0.149. The van der Waals surface area contributed by atoms with E-state index >= 15 is 0 Å². The molecule has 1 rings (SSSR count). The highest BCUT2D eigenvalue weighted by Gasteiger charge is 2.38. The van der Waals surface area contributed by atoms with E-state index < -0.39 is 5.54 Å². The fourth-order valence-corrected chi connectivity index (χ4v) is 2.90. The maximum Gasteiger partial charge on any atom is 0.327 e. The minimum Gasteiger partial charge on any atom is -0.468 e. The van der Waals surface area contributed by atoms with Gasteiger partial charge in [0, 0.05) is 31.7 Å². The van der Waals surface area contributed by atoms with Crippen molar-refractivity contribution in [3.8, 4) is 0 Å². The molecule has 1 saturated heterocycles. The van der Waals surface area contributed by atoms with Gasteiger partial charge in [-0.25, -0.2) is 0 Å². The van der Waals surface area contributed by atoms with Crippen LogP contribution in [0.25, 0.3) is 0 Å². The molecular weight excluding hydrogens is 242 g/mol. The van der Waals surface area contributed by atoms with Crippen molar-refractivity contribution in [1.82, 2.24) is 15.1 Å². The Morgan fingerprint density at radius 2 is 1.89 bits per heavy atom. The summed E-state index contributed by atoms with van der Waals surface area (Å²) in [4.78, 5) is 16.7. The molecule has 0 aliphatic carbocycles. The highest BCUT2D eigenvalue weighted by molar-refractivity contribution is 5.80. The summed E-state index contributed by atoms with van der Waals surface area (Å²) in [6.45, 7) is 11.8. The number of rotatable bonds is 5. The van der Waals surface area contributed by atoms with Crippen molar-refractivity contribution in [1.29, 1.82) is 0 Å². The molecule has 1 N–H and O–H groups in total. The van der Waals surface area contributed by atoms with Gasteiger partial charge in [0.05, 0.1) is 7.11 Å². The van der Waals surface area contributed by atoms with Gasteiger partial charge in [-0.1, -0.05) is 6.92 Å². The Morgan fingerprint density at radius 3 is 2.32 bits per heavy atom. The maximum atomic E-state index is 12.0. The number of ether oxygens (including phenoxy) is 1. The molecule has 0 radical (unpaired) electrons. The van der Waals surface area contributed by atoms with Gasteiger partial charge in [-0.2, -0.15) is 0 Å². The minimum atomic E-state index is -0.626. The number of nitrogens with one attached hydrogen (secondary N) is 1. The Hall–Kier alpha value is -0.650. The number of methoxy groups -OCH3 is 1. The Balaban J connectivity index is 2.72. The van der Waals surface area contributed by atoms with E-state index in [0.717, 1.165) is 19.6 Å². The Kier molecular flexibility index (Phi) is 5.77. The van der Waals surface area contributed by atoms with Gasteiger partial charge < -0.3 is 10.1 Å². The zero-order chi connectivity index (χ0) is 14.6. The smallest absolute Gasteiger partial charge is 0.327 e. The highest BCUT2D eigenvalue weighted by atomic mass is 16.5. The minimum absolute atomic E-state index is 0.186. The second kappa shape index (κ2) is 6.68. The summed E-state index contributed by atoms with van der Waals surface area (Å²) in [5.41, 5.74) is -0.626. The molecule has 5 nitrogen and oxygen atoms in total. The van der Waals surface area contributed by atoms with Crippen LogP contribution in [-0.4, -0.2) is 73.7 Å². The van der Waals surface area contributed by atoms with Gasteiger partial charge in [-0.3, -0.25) is 14.6 Å². The van der Waals surface area contributed by atoms with E-state index in [4.69, 9.17) is 4.74 Å². The van der Waals surface area contributed by atoms with Crippen LogP contribution >= 0.6 is 0 Å². The number of likely N-dealkylation sites (N-methyl/N-ethyl adjacent to an activating group) is 2. The average molecular weight is 271 g/mol. The summed E-state index contributed by atoms with van der Waals surface area (Å²) < 4.78 is 4.95. The summed E-state index contributed by atoms with van der Waals surface area (Å²) in [6.07, 6.45) is 0. The van der Waals surface area contributed by atoms with Crippen LogP contribution in [-0.2, 0) is 9.53 Å². The van der Waals surface area contributed by atoms with Gasteiger partial charge in [-0.05, 0) is 34.4 Å². The third-order valence-corrected chi connectivity index (χ3v) is 4.18. The molecule has 0 bridgehead atoms. The Labute approximate surface area is 117 Å². The lowest BCUT2D eigenvalue weighted by atomic mass is 9.99. The highest BCUT2D eigenvalue weighted by Crippen LogP contribution is 2.17. The second-order valence-electron chi connectivity index (χ2n) is 5.91. The summed E-state index contributed by atoms with van der Waals surface area (Å²) in [7, 11) is 3.61. The molecule has 3 atom stereocenters. The van der Waals surface area contributed by atoms with E-state index in [-0.39, 0.29) is 5.97 Å². The van der Waals surface area contributed by atoms with Crippen LogP contribution in [0.15, 0.2) is 0 Å². The third-order valence-electron chi connectivity index (χ3n) is 4.18. The molecule has 19 heavy (non-hydrogen) atoms. The summed E-state index contributed by atoms with van der Waals surface area (Å²) >= 11 is 0. The van der Waals surface area contributed by atoms with E-state index in [1.165, 1.54) is 7.11 Å². The van der Waals surface area contributed by atoms with Gasteiger partial charge in [0.25, 0.3) is 0 Å². The van der Waals surface area contributed by atoms with Crippen molar-refractivity contribution in [3.63, 3.8) is 0 Å². The molecule has 0 saturated carbocycles. The predicted octanol–water partition coefficient (Wildman–Crippen LogP) is 0.552. The fraction of sp³-hybridized carbons (Fsp3) is 0.929. The predicted molar refractivity (Wildman–Crippen MR) is 77.2 cm³/mol. The number of carbonyl (C=O) groups is 1. The zero-order valence-electron chi connectivity index (χ0n) is 13.2. The van der Waals surface area contributed by atoms with E-state index in [0.29, 0.717) is 18.6 Å². The fourth-order valence-electron chi connectivity index (χ4n) is 2.90. The van der Waals surface area contributed by atoms with Gasteiger partial charge in [0.2, 0.25) is 0 Å². The third kappa shape index (κ3) is 3.91. The molecule has 3 unspecified atom stereocenters. The van der Waals surface area contributed by atoms with Crippen molar-refractivity contribution >= 4 is 5.97 Å². The average Bonchev–Trinajstić information content (AvgIpc) is 2.35. The van der Waals surface area contributed by atoms with E-state index in [1.54, 1.807) is 0 Å². The Bertz CT molecular complexity index is 299. The molecule has 1 fully saturated rings. The second-order valence-corrected chi connectivity index (χ2v) is 5.91. The molecule has 1 aliphatic heterocycles. The van der Waals surface area contributed by atoms with Crippen LogP contribution in [0.5, 0.6) is 0 Å². The van der Waals surface area contributed by atoms with Gasteiger partial charge in [0.15, 0.2) is 0 Å². The van der Waals surface area contributed by atoms with E-state index in [9.17, 15) is 4.79 Å². The van der Waals surface area contributed by atoms with Crippen molar-refractivity contribution in [2.24, 2.45) is 0 Å². The maximum absolute atomic E-state index is 12.0. The van der Waals surface area contributed by atoms with Gasteiger partial charge in [0.1, 0.15) is 5.54 Å². The molecule has 0 amide bonds. The number of hydrogen-bond donors (Lipinski definition) is 1. The zero-order valence-corrected chi connectivity index (χ0v) is 13.2. The quantitative estimate of drug-likeness (QED) is 0.740. The van der Waals surface area contributed by atoms with Gasteiger partial charge in [-0.15, -0.1) is 0 Å². The SMILES string of the molecule is CCNC(C)(CN1CC(C)N(C)C(C)C1)C(=O)OC. The number of piperazine rings is 1. The van der Waals surface area contributed by atoms with Crippen LogP contribution in [0, 0.1) is 0 Å².